The third kappa shape index (κ3) is 3.06. The molecule has 2 rings (SSSR count). The topological polar surface area (TPSA) is 60.8 Å². The first kappa shape index (κ1) is 14.7. The van der Waals surface area contributed by atoms with E-state index in [9.17, 15) is 15.0 Å². The summed E-state index contributed by atoms with van der Waals surface area (Å²) in [6, 6.07) is 4.50. The van der Waals surface area contributed by atoms with Gasteiger partial charge in [0, 0.05) is 18.7 Å². The predicted octanol–water partition coefficient (Wildman–Crippen LogP) is 3.14. The average Bonchev–Trinajstić information content (AvgIpc) is 2.48. The van der Waals surface area contributed by atoms with E-state index in [1.165, 1.54) is 31.4 Å². The third-order valence-corrected chi connectivity index (χ3v) is 4.48. The molecule has 1 saturated carbocycles. The van der Waals surface area contributed by atoms with Gasteiger partial charge in [0.25, 0.3) is 5.91 Å². The molecule has 1 aliphatic rings. The van der Waals surface area contributed by atoms with Crippen LogP contribution in [0.15, 0.2) is 18.2 Å². The largest absolute Gasteiger partial charge is 0.504 e. The zero-order chi connectivity index (χ0) is 14.7. The van der Waals surface area contributed by atoms with E-state index < -0.39 is 0 Å². The smallest absolute Gasteiger partial charge is 0.253 e. The van der Waals surface area contributed by atoms with Crippen LogP contribution in [0.2, 0.25) is 0 Å². The molecule has 0 atom stereocenters. The van der Waals surface area contributed by atoms with Gasteiger partial charge in [0.1, 0.15) is 0 Å². The maximum atomic E-state index is 12.4. The Hall–Kier alpha value is -1.71. The normalized spacial score (nSPS) is 22.5. The first-order valence-electron chi connectivity index (χ1n) is 7.32. The fourth-order valence-electron chi connectivity index (χ4n) is 2.97. The Morgan fingerprint density at radius 3 is 2.40 bits per heavy atom. The van der Waals surface area contributed by atoms with Crippen molar-refractivity contribution in [1.82, 2.24) is 4.90 Å². The van der Waals surface area contributed by atoms with Crippen molar-refractivity contribution in [3.8, 4) is 11.5 Å². The van der Waals surface area contributed by atoms with Crippen molar-refractivity contribution in [2.24, 2.45) is 5.92 Å². The van der Waals surface area contributed by atoms with Crippen LogP contribution in [0, 0.1) is 5.92 Å². The molecule has 0 unspecified atom stereocenters. The number of amides is 1. The van der Waals surface area contributed by atoms with Crippen LogP contribution in [-0.2, 0) is 0 Å². The molecule has 0 aromatic heterocycles. The van der Waals surface area contributed by atoms with Crippen LogP contribution in [0.3, 0.4) is 0 Å². The molecule has 1 amide bonds. The van der Waals surface area contributed by atoms with E-state index in [1.807, 2.05) is 7.05 Å². The minimum Gasteiger partial charge on any atom is -0.504 e. The highest BCUT2D eigenvalue weighted by atomic mass is 16.3. The summed E-state index contributed by atoms with van der Waals surface area (Å²) in [6.45, 7) is 2.22. The van der Waals surface area contributed by atoms with Gasteiger partial charge >= 0.3 is 0 Å². The fourth-order valence-corrected chi connectivity index (χ4v) is 2.97. The van der Waals surface area contributed by atoms with Crippen LogP contribution in [-0.4, -0.2) is 34.1 Å². The van der Waals surface area contributed by atoms with Gasteiger partial charge in [0.2, 0.25) is 0 Å². The summed E-state index contributed by atoms with van der Waals surface area (Å²) in [5.74, 6) is 0.249. The number of phenolic OH excluding ortho intramolecular Hbond substituents is 2. The summed E-state index contributed by atoms with van der Waals surface area (Å²) in [7, 11) is 1.82. The predicted molar refractivity (Wildman–Crippen MR) is 77.9 cm³/mol. The standard InChI is InChI=1S/C16H23NO3/c1-3-11-4-7-13(8-5-11)17(2)16(20)12-6-9-14(18)15(19)10-12/h6,9-11,13,18-19H,3-5,7-8H2,1-2H3. The van der Waals surface area contributed by atoms with Crippen molar-refractivity contribution in [3.63, 3.8) is 0 Å². The Labute approximate surface area is 120 Å². The third-order valence-electron chi connectivity index (χ3n) is 4.48. The summed E-state index contributed by atoms with van der Waals surface area (Å²) in [4.78, 5) is 14.2. The Morgan fingerprint density at radius 2 is 1.85 bits per heavy atom. The first-order chi connectivity index (χ1) is 9.52. The number of carbonyl (C=O) groups is 1. The summed E-state index contributed by atoms with van der Waals surface area (Å²) in [6.07, 6.45) is 5.67. The first-order valence-corrected chi connectivity index (χ1v) is 7.32. The van der Waals surface area contributed by atoms with Crippen molar-refractivity contribution in [1.29, 1.82) is 0 Å². The Bertz CT molecular complexity index is 479. The number of hydrogen-bond acceptors (Lipinski definition) is 3. The van der Waals surface area contributed by atoms with Crippen molar-refractivity contribution in [2.75, 3.05) is 7.05 Å². The Kier molecular flexibility index (Phi) is 4.53. The van der Waals surface area contributed by atoms with Gasteiger partial charge in [-0.1, -0.05) is 13.3 Å². The lowest BCUT2D eigenvalue weighted by atomic mass is 9.84. The van der Waals surface area contributed by atoms with Gasteiger partial charge in [0.05, 0.1) is 0 Å². The van der Waals surface area contributed by atoms with Gasteiger partial charge in [0.15, 0.2) is 11.5 Å². The molecule has 1 aromatic rings. The molecular formula is C16H23NO3. The quantitative estimate of drug-likeness (QED) is 0.834. The molecule has 4 heteroatoms. The molecule has 0 bridgehead atoms. The van der Waals surface area contributed by atoms with E-state index in [-0.39, 0.29) is 23.4 Å². The van der Waals surface area contributed by atoms with Crippen molar-refractivity contribution >= 4 is 5.91 Å². The minimum absolute atomic E-state index is 0.0970. The molecule has 0 radical (unpaired) electrons. The maximum absolute atomic E-state index is 12.4. The summed E-state index contributed by atoms with van der Waals surface area (Å²) < 4.78 is 0. The second-order valence-electron chi connectivity index (χ2n) is 5.70. The lowest BCUT2D eigenvalue weighted by Gasteiger charge is -2.34. The van der Waals surface area contributed by atoms with E-state index in [0.29, 0.717) is 5.56 Å². The highest BCUT2D eigenvalue weighted by molar-refractivity contribution is 5.94. The van der Waals surface area contributed by atoms with E-state index >= 15 is 0 Å². The molecular weight excluding hydrogens is 254 g/mol. The number of carbonyl (C=O) groups excluding carboxylic acids is 1. The Balaban J connectivity index is 2.03. The number of rotatable bonds is 3. The van der Waals surface area contributed by atoms with Crippen molar-refractivity contribution in [3.05, 3.63) is 23.8 Å². The molecule has 1 aliphatic carbocycles. The zero-order valence-corrected chi connectivity index (χ0v) is 12.2. The number of phenols is 2. The fraction of sp³-hybridized carbons (Fsp3) is 0.562. The lowest BCUT2D eigenvalue weighted by Crippen LogP contribution is -2.39. The van der Waals surface area contributed by atoms with Crippen LogP contribution < -0.4 is 0 Å². The molecule has 1 aromatic carbocycles. The highest BCUT2D eigenvalue weighted by Gasteiger charge is 2.26. The average molecular weight is 277 g/mol. The Morgan fingerprint density at radius 1 is 1.20 bits per heavy atom. The number of hydrogen-bond donors (Lipinski definition) is 2. The summed E-state index contributed by atoms with van der Waals surface area (Å²) in [5.41, 5.74) is 0.417. The lowest BCUT2D eigenvalue weighted by molar-refractivity contribution is 0.0674. The molecule has 0 spiro atoms. The van der Waals surface area contributed by atoms with E-state index in [4.69, 9.17) is 0 Å². The van der Waals surface area contributed by atoms with Crippen LogP contribution in [0.4, 0.5) is 0 Å². The van der Waals surface area contributed by atoms with Crippen LogP contribution >= 0.6 is 0 Å². The number of aromatic hydroxyl groups is 2. The number of nitrogens with zero attached hydrogens (tertiary/aromatic N) is 1. The second kappa shape index (κ2) is 6.16. The van der Waals surface area contributed by atoms with Gasteiger partial charge in [-0.15, -0.1) is 0 Å². The van der Waals surface area contributed by atoms with Crippen LogP contribution in [0.5, 0.6) is 11.5 Å². The van der Waals surface area contributed by atoms with Gasteiger partial charge in [-0.2, -0.15) is 0 Å². The highest BCUT2D eigenvalue weighted by Crippen LogP contribution is 2.30. The summed E-state index contributed by atoms with van der Waals surface area (Å²) >= 11 is 0. The van der Waals surface area contributed by atoms with Gasteiger partial charge in [-0.25, -0.2) is 0 Å². The molecule has 0 aliphatic heterocycles. The maximum Gasteiger partial charge on any atom is 0.253 e. The van der Waals surface area contributed by atoms with Gasteiger partial charge in [-0.3, -0.25) is 4.79 Å². The van der Waals surface area contributed by atoms with Crippen molar-refractivity contribution in [2.45, 2.75) is 45.1 Å². The molecule has 0 saturated heterocycles. The zero-order valence-electron chi connectivity index (χ0n) is 12.2. The molecule has 4 nitrogen and oxygen atoms in total. The van der Waals surface area contributed by atoms with Crippen LogP contribution in [0.25, 0.3) is 0 Å². The SMILES string of the molecule is CCC1CCC(N(C)C(=O)c2ccc(O)c(O)c2)CC1. The van der Waals surface area contributed by atoms with E-state index in [2.05, 4.69) is 6.92 Å². The van der Waals surface area contributed by atoms with Crippen molar-refractivity contribution < 1.29 is 15.0 Å². The van der Waals surface area contributed by atoms with Gasteiger partial charge < -0.3 is 15.1 Å². The molecule has 2 N–H and O–H groups in total. The molecule has 1 fully saturated rings. The monoisotopic (exact) mass is 277 g/mol. The van der Waals surface area contributed by atoms with Gasteiger partial charge in [-0.05, 0) is 49.8 Å². The van der Waals surface area contributed by atoms with E-state index in [0.717, 1.165) is 18.8 Å². The molecule has 0 heterocycles. The molecule has 110 valence electrons. The summed E-state index contributed by atoms with van der Waals surface area (Å²) in [5, 5.41) is 18.8. The van der Waals surface area contributed by atoms with Crippen LogP contribution in [0.1, 0.15) is 49.4 Å². The molecule has 20 heavy (non-hydrogen) atoms. The van der Waals surface area contributed by atoms with E-state index in [1.54, 1.807) is 11.0 Å². The second-order valence-corrected chi connectivity index (χ2v) is 5.70. The minimum atomic E-state index is -0.251. The number of benzene rings is 1.